The van der Waals surface area contributed by atoms with E-state index in [-0.39, 0.29) is 17.0 Å². The van der Waals surface area contributed by atoms with Gasteiger partial charge in [0.1, 0.15) is 17.9 Å². The van der Waals surface area contributed by atoms with Crippen LogP contribution in [0.5, 0.6) is 5.75 Å². The number of hydrogen-bond donors (Lipinski definition) is 1. The van der Waals surface area contributed by atoms with Gasteiger partial charge in [0.2, 0.25) is 10.0 Å². The second-order valence-corrected chi connectivity index (χ2v) is 11.4. The minimum atomic E-state index is -4.17. The normalized spacial score (nSPS) is 14.9. The van der Waals surface area contributed by atoms with Crippen molar-refractivity contribution in [3.05, 3.63) is 89.5 Å². The van der Waals surface area contributed by atoms with Crippen LogP contribution in [0.2, 0.25) is 0 Å². The maximum absolute atomic E-state index is 13.6. The van der Waals surface area contributed by atoms with Crippen LogP contribution in [0, 0.1) is 11.3 Å². The highest BCUT2D eigenvalue weighted by Crippen LogP contribution is 2.35. The summed E-state index contributed by atoms with van der Waals surface area (Å²) in [5.41, 5.74) is 3.37. The molecule has 0 saturated heterocycles. The number of carboxylic acids is 1. The predicted octanol–water partition coefficient (Wildman–Crippen LogP) is 5.08. The molecule has 1 aliphatic rings. The Morgan fingerprint density at radius 1 is 1.28 bits per heavy atom. The van der Waals surface area contributed by atoms with Gasteiger partial charge in [-0.25, -0.2) is 8.42 Å². The van der Waals surface area contributed by atoms with Gasteiger partial charge in [-0.1, -0.05) is 30.9 Å². The summed E-state index contributed by atoms with van der Waals surface area (Å²) in [6.07, 6.45) is 4.74. The van der Waals surface area contributed by atoms with Crippen molar-refractivity contribution in [3.63, 3.8) is 0 Å². The van der Waals surface area contributed by atoms with Crippen molar-refractivity contribution >= 4 is 21.6 Å². The summed E-state index contributed by atoms with van der Waals surface area (Å²) < 4.78 is 34.0. The number of carbonyl (C=O) groups is 1. The van der Waals surface area contributed by atoms with Crippen molar-refractivity contribution in [2.24, 2.45) is 0 Å². The average Bonchev–Trinajstić information content (AvgIpc) is 2.80. The maximum atomic E-state index is 13.6. The van der Waals surface area contributed by atoms with Crippen molar-refractivity contribution in [1.29, 1.82) is 5.26 Å². The third-order valence-electron chi connectivity index (χ3n) is 5.90. The number of nitrogens with zero attached hydrogens (tertiary/aromatic N) is 2. The fourth-order valence-corrected chi connectivity index (χ4v) is 5.56. The lowest BCUT2D eigenvalue weighted by molar-refractivity contribution is -0.137. The molecule has 36 heavy (non-hydrogen) atoms. The Morgan fingerprint density at radius 3 is 2.61 bits per heavy atom. The smallest absolute Gasteiger partial charge is 0.318 e. The first-order valence-electron chi connectivity index (χ1n) is 11.4. The third kappa shape index (κ3) is 6.11. The number of ether oxygens (including phenoxy) is 1. The molecule has 3 rings (SSSR count). The van der Waals surface area contributed by atoms with Gasteiger partial charge in [-0.05, 0) is 92.3 Å². The summed E-state index contributed by atoms with van der Waals surface area (Å²) in [7, 11) is -4.17. The summed E-state index contributed by atoms with van der Waals surface area (Å²) in [5, 5.41) is 19.1. The van der Waals surface area contributed by atoms with Crippen LogP contribution in [0.15, 0.2) is 72.2 Å². The molecule has 1 heterocycles. The number of aryl methyl sites for hydroxylation is 1. The fraction of sp³-hybridized carbons (Fsp3) is 0.286. The molecule has 0 spiro atoms. The summed E-state index contributed by atoms with van der Waals surface area (Å²) in [4.78, 5) is 11.6. The van der Waals surface area contributed by atoms with Crippen LogP contribution in [0.4, 0.5) is 0 Å². The zero-order valence-corrected chi connectivity index (χ0v) is 21.6. The van der Waals surface area contributed by atoms with Crippen LogP contribution in [-0.2, 0) is 27.8 Å². The molecule has 0 aliphatic carbocycles. The number of aliphatic carboxylic acids is 1. The van der Waals surface area contributed by atoms with Crippen LogP contribution >= 0.6 is 0 Å². The van der Waals surface area contributed by atoms with Crippen LogP contribution < -0.4 is 4.74 Å². The van der Waals surface area contributed by atoms with E-state index in [1.807, 2.05) is 20.8 Å². The highest BCUT2D eigenvalue weighted by molar-refractivity contribution is 7.89. The number of sulfonamides is 1. The molecule has 1 aliphatic heterocycles. The maximum Gasteiger partial charge on any atom is 0.318 e. The molecule has 0 radical (unpaired) electrons. The summed E-state index contributed by atoms with van der Waals surface area (Å²) in [6.45, 7) is 12.5. The van der Waals surface area contributed by atoms with Crippen molar-refractivity contribution < 1.29 is 23.1 Å². The number of allylic oxidation sites excluding steroid dienone is 4. The molecule has 0 fully saturated rings. The Hall–Kier alpha value is -3.67. The van der Waals surface area contributed by atoms with E-state index in [0.717, 1.165) is 27.4 Å². The number of carboxylic acid groups (broad SMARTS) is 1. The molecule has 1 N–H and O–H groups in total. The van der Waals surface area contributed by atoms with Crippen LogP contribution in [0.1, 0.15) is 49.4 Å². The van der Waals surface area contributed by atoms with Gasteiger partial charge in [0, 0.05) is 6.54 Å². The van der Waals surface area contributed by atoms with Crippen molar-refractivity contribution in [1.82, 2.24) is 4.31 Å². The first-order chi connectivity index (χ1) is 16.9. The monoisotopic (exact) mass is 506 g/mol. The number of benzene rings is 2. The molecular weight excluding hydrogens is 476 g/mol. The predicted molar refractivity (Wildman–Crippen MR) is 139 cm³/mol. The molecule has 188 valence electrons. The van der Waals surface area contributed by atoms with E-state index >= 15 is 0 Å². The summed E-state index contributed by atoms with van der Waals surface area (Å²) in [6, 6.07) is 11.7. The SMILES string of the molecule is C=C/C=C(\C(=C)C)c1cc(C#N)cc(CN(CC(=O)O)S(=O)(=O)c2ccc3c(c2)CCC(C)(C)O3)c1. The van der Waals surface area contributed by atoms with E-state index in [2.05, 4.69) is 19.2 Å². The van der Waals surface area contributed by atoms with Crippen LogP contribution in [0.3, 0.4) is 0 Å². The summed E-state index contributed by atoms with van der Waals surface area (Å²) in [5.74, 6) is -0.657. The second-order valence-electron chi connectivity index (χ2n) is 9.42. The lowest BCUT2D eigenvalue weighted by Gasteiger charge is -2.33. The van der Waals surface area contributed by atoms with E-state index in [1.54, 1.807) is 42.5 Å². The minimum Gasteiger partial charge on any atom is -0.488 e. The van der Waals surface area contributed by atoms with Gasteiger partial charge >= 0.3 is 5.97 Å². The first kappa shape index (κ1) is 26.9. The molecule has 0 aromatic heterocycles. The van der Waals surface area contributed by atoms with Gasteiger partial charge < -0.3 is 9.84 Å². The van der Waals surface area contributed by atoms with E-state index in [0.29, 0.717) is 28.9 Å². The van der Waals surface area contributed by atoms with Gasteiger partial charge in [-0.2, -0.15) is 9.57 Å². The molecule has 7 nitrogen and oxygen atoms in total. The largest absolute Gasteiger partial charge is 0.488 e. The fourth-order valence-electron chi connectivity index (χ4n) is 4.13. The quantitative estimate of drug-likeness (QED) is 0.475. The lowest BCUT2D eigenvalue weighted by atomic mass is 9.94. The molecule has 0 unspecified atom stereocenters. The molecule has 0 amide bonds. The standard InChI is InChI=1S/C28H30N2O5S/c1-6-7-25(19(2)3)23-13-20(16-29)12-21(14-23)17-30(18-27(31)32)36(33,34)24-8-9-26-22(15-24)10-11-28(4,5)35-26/h6-9,12-15H,1-2,10-11,17-18H2,3-5H3,(H,31,32)/b25-7+. The Balaban J connectivity index is 2.03. The van der Waals surface area contributed by atoms with Gasteiger partial charge in [0.15, 0.2) is 0 Å². The van der Waals surface area contributed by atoms with E-state index in [9.17, 15) is 23.6 Å². The van der Waals surface area contributed by atoms with E-state index < -0.39 is 22.5 Å². The molecule has 0 bridgehead atoms. The van der Waals surface area contributed by atoms with Crippen molar-refractivity contribution in [3.8, 4) is 11.8 Å². The van der Waals surface area contributed by atoms with Crippen LogP contribution in [0.25, 0.3) is 5.57 Å². The Bertz CT molecular complexity index is 1400. The van der Waals surface area contributed by atoms with Crippen molar-refractivity contribution in [2.45, 2.75) is 50.7 Å². The highest BCUT2D eigenvalue weighted by atomic mass is 32.2. The van der Waals surface area contributed by atoms with Gasteiger partial charge in [0.25, 0.3) is 0 Å². The Kier molecular flexibility index (Phi) is 7.87. The molecule has 2 aromatic carbocycles. The molecule has 0 atom stereocenters. The second kappa shape index (κ2) is 10.5. The first-order valence-corrected chi connectivity index (χ1v) is 12.9. The average molecular weight is 507 g/mol. The zero-order chi connectivity index (χ0) is 26.7. The van der Waals surface area contributed by atoms with Gasteiger partial charge in [-0.3, -0.25) is 4.79 Å². The minimum absolute atomic E-state index is 0.00311. The van der Waals surface area contributed by atoms with Gasteiger partial charge in [0.05, 0.1) is 16.5 Å². The van der Waals surface area contributed by atoms with E-state index in [1.165, 1.54) is 6.07 Å². The number of rotatable bonds is 9. The third-order valence-corrected chi connectivity index (χ3v) is 7.69. The van der Waals surface area contributed by atoms with E-state index in [4.69, 9.17) is 4.74 Å². The topological polar surface area (TPSA) is 108 Å². The zero-order valence-electron chi connectivity index (χ0n) is 20.7. The number of hydrogen-bond acceptors (Lipinski definition) is 5. The lowest BCUT2D eigenvalue weighted by Crippen LogP contribution is -2.36. The van der Waals surface area contributed by atoms with Crippen LogP contribution in [-0.4, -0.2) is 35.9 Å². The van der Waals surface area contributed by atoms with Gasteiger partial charge in [-0.15, -0.1) is 0 Å². The number of fused-ring (bicyclic) bond motifs is 1. The molecule has 8 heteroatoms. The molecular formula is C28H30N2O5S. The Labute approximate surface area is 212 Å². The summed E-state index contributed by atoms with van der Waals surface area (Å²) >= 11 is 0. The van der Waals surface area contributed by atoms with Crippen molar-refractivity contribution in [2.75, 3.05) is 6.54 Å². The Morgan fingerprint density at radius 2 is 2.00 bits per heavy atom. The number of nitriles is 1. The molecule has 2 aromatic rings. The highest BCUT2D eigenvalue weighted by Gasteiger charge is 2.31. The molecule has 0 saturated carbocycles.